The third-order valence-electron chi connectivity index (χ3n) is 4.26. The lowest BCUT2D eigenvalue weighted by Crippen LogP contribution is -2.05. The second-order valence-electron chi connectivity index (χ2n) is 6.54. The molecule has 4 nitrogen and oxygen atoms in total. The maximum atomic E-state index is 9.37. The number of anilines is 1. The summed E-state index contributed by atoms with van der Waals surface area (Å²) in [6.45, 7) is 9.23. The molecule has 0 aliphatic rings. The van der Waals surface area contributed by atoms with Crippen molar-refractivity contribution >= 4 is 5.69 Å². The summed E-state index contributed by atoms with van der Waals surface area (Å²) in [5.74, 6) is 1.80. The monoisotopic (exact) mass is 325 g/mol. The second-order valence-corrected chi connectivity index (χ2v) is 6.54. The Bertz CT molecular complexity index is 738. The zero-order valence-electron chi connectivity index (χ0n) is 15.1. The van der Waals surface area contributed by atoms with Gasteiger partial charge in [0.2, 0.25) is 5.88 Å². The number of nitrogen functional groups attached to an aromatic ring is 1. The van der Waals surface area contributed by atoms with E-state index in [2.05, 4.69) is 45.0 Å². The standard InChI is InChI=1S/C20H27N3O/c1-5-6-7-10-23-17(13-21)12-18(22)20(23)24-19-11-16(14(2)3)9-8-15(19)4/h8-9,11-12,14H,5-7,10,22H2,1-4H3. The Balaban J connectivity index is 2.37. The van der Waals surface area contributed by atoms with Crippen LogP contribution in [-0.2, 0) is 6.54 Å². The summed E-state index contributed by atoms with van der Waals surface area (Å²) in [5.41, 5.74) is 9.46. The number of hydrogen-bond acceptors (Lipinski definition) is 3. The van der Waals surface area contributed by atoms with Crippen LogP contribution in [0.4, 0.5) is 5.69 Å². The minimum absolute atomic E-state index is 0.427. The van der Waals surface area contributed by atoms with Crippen molar-refractivity contribution < 1.29 is 4.74 Å². The van der Waals surface area contributed by atoms with E-state index in [4.69, 9.17) is 10.5 Å². The zero-order valence-corrected chi connectivity index (χ0v) is 15.1. The number of hydrogen-bond donors (Lipinski definition) is 1. The second kappa shape index (κ2) is 7.92. The average molecular weight is 325 g/mol. The average Bonchev–Trinajstić information content (AvgIpc) is 2.85. The van der Waals surface area contributed by atoms with Crippen molar-refractivity contribution in [3.05, 3.63) is 41.1 Å². The molecule has 24 heavy (non-hydrogen) atoms. The topological polar surface area (TPSA) is 64.0 Å². The highest BCUT2D eigenvalue weighted by Gasteiger charge is 2.16. The molecule has 0 fully saturated rings. The molecule has 2 aromatic rings. The lowest BCUT2D eigenvalue weighted by molar-refractivity contribution is 0.420. The van der Waals surface area contributed by atoms with Crippen LogP contribution >= 0.6 is 0 Å². The summed E-state index contributed by atoms with van der Waals surface area (Å²) in [7, 11) is 0. The number of nitrogens with zero attached hydrogens (tertiary/aromatic N) is 2. The first-order valence-corrected chi connectivity index (χ1v) is 8.65. The van der Waals surface area contributed by atoms with E-state index >= 15 is 0 Å². The van der Waals surface area contributed by atoms with Crippen molar-refractivity contribution in [2.24, 2.45) is 0 Å². The molecule has 0 radical (unpaired) electrons. The minimum Gasteiger partial charge on any atom is -0.438 e. The zero-order chi connectivity index (χ0) is 17.7. The van der Waals surface area contributed by atoms with Crippen LogP contribution in [0.3, 0.4) is 0 Å². The van der Waals surface area contributed by atoms with Gasteiger partial charge in [0.05, 0.1) is 5.69 Å². The van der Waals surface area contributed by atoms with Gasteiger partial charge in [0.1, 0.15) is 17.5 Å². The van der Waals surface area contributed by atoms with Gasteiger partial charge < -0.3 is 15.0 Å². The van der Waals surface area contributed by atoms with Crippen molar-refractivity contribution in [1.82, 2.24) is 4.57 Å². The van der Waals surface area contributed by atoms with E-state index in [0.717, 1.165) is 37.1 Å². The number of unbranched alkanes of at least 4 members (excludes halogenated alkanes) is 2. The predicted molar refractivity (Wildman–Crippen MR) is 98.4 cm³/mol. The fourth-order valence-electron chi connectivity index (χ4n) is 2.69. The van der Waals surface area contributed by atoms with Crippen molar-refractivity contribution in [2.45, 2.75) is 59.4 Å². The van der Waals surface area contributed by atoms with Crippen LogP contribution in [-0.4, -0.2) is 4.57 Å². The highest BCUT2D eigenvalue weighted by molar-refractivity contribution is 5.57. The van der Waals surface area contributed by atoms with Crippen LogP contribution < -0.4 is 10.5 Å². The van der Waals surface area contributed by atoms with Gasteiger partial charge >= 0.3 is 0 Å². The number of ether oxygens (including phenoxy) is 1. The quantitative estimate of drug-likeness (QED) is 0.697. The first kappa shape index (κ1) is 17.9. The molecule has 2 N–H and O–H groups in total. The van der Waals surface area contributed by atoms with Crippen LogP contribution in [0.1, 0.15) is 62.8 Å². The van der Waals surface area contributed by atoms with Crippen LogP contribution in [0.15, 0.2) is 24.3 Å². The van der Waals surface area contributed by atoms with Crippen molar-refractivity contribution in [3.63, 3.8) is 0 Å². The predicted octanol–water partition coefficient (Wildman–Crippen LogP) is 5.36. The van der Waals surface area contributed by atoms with E-state index < -0.39 is 0 Å². The number of nitriles is 1. The number of nitrogens with two attached hydrogens (primary N) is 1. The molecule has 0 saturated carbocycles. The molecule has 0 atom stereocenters. The highest BCUT2D eigenvalue weighted by Crippen LogP contribution is 2.34. The Hall–Kier alpha value is -2.41. The van der Waals surface area contributed by atoms with Crippen LogP contribution in [0.2, 0.25) is 0 Å². The van der Waals surface area contributed by atoms with Crippen molar-refractivity contribution in [1.29, 1.82) is 5.26 Å². The maximum Gasteiger partial charge on any atom is 0.224 e. The fourth-order valence-corrected chi connectivity index (χ4v) is 2.69. The Labute approximate surface area is 144 Å². The lowest BCUT2D eigenvalue weighted by Gasteiger charge is -2.15. The first-order valence-electron chi connectivity index (χ1n) is 8.65. The minimum atomic E-state index is 0.427. The summed E-state index contributed by atoms with van der Waals surface area (Å²) >= 11 is 0. The lowest BCUT2D eigenvalue weighted by atomic mass is 10.0. The van der Waals surface area contributed by atoms with Gasteiger partial charge in [0.15, 0.2) is 0 Å². The smallest absolute Gasteiger partial charge is 0.224 e. The van der Waals surface area contributed by atoms with Gasteiger partial charge in [-0.15, -0.1) is 0 Å². The summed E-state index contributed by atoms with van der Waals surface area (Å²) < 4.78 is 8.06. The van der Waals surface area contributed by atoms with Crippen LogP contribution in [0.25, 0.3) is 0 Å². The number of benzene rings is 1. The van der Waals surface area contributed by atoms with Gasteiger partial charge in [-0.1, -0.05) is 45.7 Å². The van der Waals surface area contributed by atoms with Gasteiger partial charge in [0, 0.05) is 12.6 Å². The normalized spacial score (nSPS) is 10.8. The van der Waals surface area contributed by atoms with Crippen molar-refractivity contribution in [3.8, 4) is 17.7 Å². The Morgan fingerprint density at radius 1 is 1.25 bits per heavy atom. The molecular formula is C20H27N3O. The molecule has 0 unspecified atom stereocenters. The summed E-state index contributed by atoms with van der Waals surface area (Å²) in [6.07, 6.45) is 3.25. The Morgan fingerprint density at radius 3 is 2.62 bits per heavy atom. The number of rotatable bonds is 7. The molecule has 0 aliphatic heterocycles. The molecule has 1 aromatic heterocycles. The fraction of sp³-hybridized carbons (Fsp3) is 0.450. The van der Waals surface area contributed by atoms with Gasteiger partial charge in [0.25, 0.3) is 0 Å². The molecule has 1 heterocycles. The van der Waals surface area contributed by atoms with Gasteiger partial charge in [-0.25, -0.2) is 0 Å². The molecular weight excluding hydrogens is 298 g/mol. The Kier molecular flexibility index (Phi) is 5.92. The summed E-state index contributed by atoms with van der Waals surface area (Å²) in [4.78, 5) is 0. The van der Waals surface area contributed by atoms with E-state index in [1.54, 1.807) is 6.07 Å². The van der Waals surface area contributed by atoms with Crippen molar-refractivity contribution in [2.75, 3.05) is 5.73 Å². The molecule has 1 aromatic carbocycles. The largest absolute Gasteiger partial charge is 0.438 e. The molecule has 0 spiro atoms. The maximum absolute atomic E-state index is 9.37. The SMILES string of the molecule is CCCCCn1c(C#N)cc(N)c1Oc1cc(C(C)C)ccc1C. The van der Waals surface area contributed by atoms with E-state index in [1.165, 1.54) is 5.56 Å². The molecule has 128 valence electrons. The van der Waals surface area contributed by atoms with E-state index in [-0.39, 0.29) is 0 Å². The third-order valence-corrected chi connectivity index (χ3v) is 4.26. The van der Waals surface area contributed by atoms with E-state index in [9.17, 15) is 5.26 Å². The van der Waals surface area contributed by atoms with Gasteiger partial charge in [-0.3, -0.25) is 0 Å². The van der Waals surface area contributed by atoms with Crippen LogP contribution in [0, 0.1) is 18.3 Å². The molecule has 0 amide bonds. The first-order chi connectivity index (χ1) is 11.5. The molecule has 0 saturated heterocycles. The molecule has 4 heteroatoms. The van der Waals surface area contributed by atoms with Gasteiger partial charge in [-0.05, 0) is 36.5 Å². The van der Waals surface area contributed by atoms with E-state index in [0.29, 0.717) is 23.2 Å². The third kappa shape index (κ3) is 3.91. The molecule has 0 aliphatic carbocycles. The number of aromatic nitrogens is 1. The number of aryl methyl sites for hydroxylation is 1. The van der Waals surface area contributed by atoms with Gasteiger partial charge in [-0.2, -0.15) is 5.26 Å². The highest BCUT2D eigenvalue weighted by atomic mass is 16.5. The molecule has 2 rings (SSSR count). The molecule has 0 bridgehead atoms. The Morgan fingerprint density at radius 2 is 2.00 bits per heavy atom. The summed E-state index contributed by atoms with van der Waals surface area (Å²) in [6, 6.07) is 10.2. The summed E-state index contributed by atoms with van der Waals surface area (Å²) in [5, 5.41) is 9.37. The van der Waals surface area contributed by atoms with Crippen LogP contribution in [0.5, 0.6) is 11.6 Å². The van der Waals surface area contributed by atoms with E-state index in [1.807, 2.05) is 11.5 Å².